The first-order chi connectivity index (χ1) is 10.1. The zero-order chi connectivity index (χ0) is 15.2. The van der Waals surface area contributed by atoms with Gasteiger partial charge in [0.1, 0.15) is 5.82 Å². The van der Waals surface area contributed by atoms with Crippen LogP contribution < -0.4 is 5.73 Å². The topological polar surface area (TPSA) is 67.4 Å². The molecule has 118 valence electrons. The lowest BCUT2D eigenvalue weighted by Gasteiger charge is -2.34. The molecule has 0 bridgehead atoms. The van der Waals surface area contributed by atoms with E-state index in [1.807, 2.05) is 9.80 Å². The van der Waals surface area contributed by atoms with E-state index in [9.17, 15) is 13.6 Å². The summed E-state index contributed by atoms with van der Waals surface area (Å²) in [6.07, 6.45) is 3.85. The number of hydrogen-bond acceptors (Lipinski definition) is 4. The predicted molar refractivity (Wildman–Crippen MR) is 73.6 cm³/mol. The number of piperazine rings is 1. The number of nitrogens with zero attached hydrogens (tertiary/aromatic N) is 4. The summed E-state index contributed by atoms with van der Waals surface area (Å²) in [5.41, 5.74) is 5.39. The predicted octanol–water partition coefficient (Wildman–Crippen LogP) is 0.661. The molecule has 1 saturated heterocycles. The number of alkyl halides is 2. The highest BCUT2D eigenvalue weighted by atomic mass is 19.3. The summed E-state index contributed by atoms with van der Waals surface area (Å²) in [5.74, 6) is 0.474. The molecule has 0 unspecified atom stereocenters. The van der Waals surface area contributed by atoms with Crippen molar-refractivity contribution in [2.75, 3.05) is 32.7 Å². The Kier molecular flexibility index (Phi) is 5.63. The van der Waals surface area contributed by atoms with E-state index in [0.717, 1.165) is 4.57 Å². The number of imidazole rings is 1. The van der Waals surface area contributed by atoms with Crippen molar-refractivity contribution in [1.29, 1.82) is 0 Å². The van der Waals surface area contributed by atoms with Crippen molar-refractivity contribution in [3.05, 3.63) is 18.2 Å². The lowest BCUT2D eigenvalue weighted by molar-refractivity contribution is -0.133. The number of rotatable bonds is 6. The number of carbonyl (C=O) groups excluding carboxylic acids is 1. The molecule has 2 heterocycles. The molecular formula is C13H21F2N5O. The maximum atomic E-state index is 12.7. The molecule has 0 spiro atoms. The van der Waals surface area contributed by atoms with Crippen molar-refractivity contribution in [2.24, 2.45) is 5.73 Å². The van der Waals surface area contributed by atoms with Gasteiger partial charge in [0.15, 0.2) is 0 Å². The maximum absolute atomic E-state index is 12.7. The lowest BCUT2D eigenvalue weighted by Crippen LogP contribution is -2.48. The molecule has 1 aliphatic heterocycles. The molecule has 8 heteroatoms. The minimum atomic E-state index is -2.57. The van der Waals surface area contributed by atoms with Crippen molar-refractivity contribution in [2.45, 2.75) is 25.9 Å². The Morgan fingerprint density at radius 1 is 1.33 bits per heavy atom. The van der Waals surface area contributed by atoms with Gasteiger partial charge in [0.25, 0.3) is 0 Å². The fourth-order valence-electron chi connectivity index (χ4n) is 2.41. The molecule has 1 aliphatic rings. The van der Waals surface area contributed by atoms with Crippen LogP contribution in [0.4, 0.5) is 8.78 Å². The Morgan fingerprint density at radius 3 is 2.67 bits per heavy atom. The SMILES string of the molecule is NCCCC(=O)N1CCN(Cc2nccn2C(F)F)CC1. The average Bonchev–Trinajstić information content (AvgIpc) is 2.94. The molecular weight excluding hydrogens is 280 g/mol. The number of amides is 1. The third kappa shape index (κ3) is 4.21. The summed E-state index contributed by atoms with van der Waals surface area (Å²) >= 11 is 0. The normalized spacial score (nSPS) is 16.7. The lowest BCUT2D eigenvalue weighted by atomic mass is 10.2. The third-order valence-electron chi connectivity index (χ3n) is 3.64. The van der Waals surface area contributed by atoms with Crippen LogP contribution in [0.2, 0.25) is 0 Å². The van der Waals surface area contributed by atoms with Crippen molar-refractivity contribution >= 4 is 5.91 Å². The Labute approximate surface area is 122 Å². The van der Waals surface area contributed by atoms with Crippen molar-refractivity contribution in [1.82, 2.24) is 19.4 Å². The Morgan fingerprint density at radius 2 is 2.05 bits per heavy atom. The third-order valence-corrected chi connectivity index (χ3v) is 3.64. The van der Waals surface area contributed by atoms with Crippen LogP contribution in [0.1, 0.15) is 25.2 Å². The summed E-state index contributed by atoms with van der Waals surface area (Å²) in [6, 6.07) is 0. The van der Waals surface area contributed by atoms with Crippen molar-refractivity contribution < 1.29 is 13.6 Å². The van der Waals surface area contributed by atoms with Gasteiger partial charge in [0, 0.05) is 45.0 Å². The van der Waals surface area contributed by atoms with Gasteiger partial charge in [-0.2, -0.15) is 8.78 Å². The summed E-state index contributed by atoms with van der Waals surface area (Å²) in [4.78, 5) is 19.7. The van der Waals surface area contributed by atoms with E-state index in [1.54, 1.807) is 0 Å². The number of aromatic nitrogens is 2. The van der Waals surface area contributed by atoms with E-state index in [1.165, 1.54) is 12.4 Å². The quantitative estimate of drug-likeness (QED) is 0.838. The second kappa shape index (κ2) is 7.46. The van der Waals surface area contributed by atoms with Gasteiger partial charge in [-0.1, -0.05) is 0 Å². The van der Waals surface area contributed by atoms with Gasteiger partial charge in [-0.15, -0.1) is 0 Å². The molecule has 2 rings (SSSR count). The highest BCUT2D eigenvalue weighted by Crippen LogP contribution is 2.15. The number of carbonyl (C=O) groups is 1. The smallest absolute Gasteiger partial charge is 0.319 e. The minimum absolute atomic E-state index is 0.120. The molecule has 6 nitrogen and oxygen atoms in total. The van der Waals surface area contributed by atoms with Crippen LogP contribution in [0.25, 0.3) is 0 Å². The second-order valence-corrected chi connectivity index (χ2v) is 5.08. The molecule has 1 fully saturated rings. The zero-order valence-electron chi connectivity index (χ0n) is 11.9. The molecule has 21 heavy (non-hydrogen) atoms. The fourth-order valence-corrected chi connectivity index (χ4v) is 2.41. The maximum Gasteiger partial charge on any atom is 0.319 e. The average molecular weight is 301 g/mol. The molecule has 0 radical (unpaired) electrons. The molecule has 1 amide bonds. The van der Waals surface area contributed by atoms with E-state index < -0.39 is 6.55 Å². The van der Waals surface area contributed by atoms with Gasteiger partial charge < -0.3 is 10.6 Å². The first-order valence-corrected chi connectivity index (χ1v) is 7.12. The first-order valence-electron chi connectivity index (χ1n) is 7.12. The van der Waals surface area contributed by atoms with Crippen LogP contribution in [0.15, 0.2) is 12.4 Å². The zero-order valence-corrected chi connectivity index (χ0v) is 11.9. The first kappa shape index (κ1) is 15.8. The summed E-state index contributed by atoms with van der Waals surface area (Å²) in [7, 11) is 0. The van der Waals surface area contributed by atoms with Crippen LogP contribution in [0, 0.1) is 0 Å². The second-order valence-electron chi connectivity index (χ2n) is 5.08. The van der Waals surface area contributed by atoms with E-state index >= 15 is 0 Å². The van der Waals surface area contributed by atoms with Gasteiger partial charge in [-0.05, 0) is 13.0 Å². The minimum Gasteiger partial charge on any atom is -0.340 e. The highest BCUT2D eigenvalue weighted by molar-refractivity contribution is 5.76. The highest BCUT2D eigenvalue weighted by Gasteiger charge is 2.22. The van der Waals surface area contributed by atoms with Crippen LogP contribution in [0.3, 0.4) is 0 Å². The van der Waals surface area contributed by atoms with Crippen LogP contribution in [-0.2, 0) is 11.3 Å². The Balaban J connectivity index is 1.81. The van der Waals surface area contributed by atoms with Crippen molar-refractivity contribution in [3.8, 4) is 0 Å². The van der Waals surface area contributed by atoms with Gasteiger partial charge in [0.05, 0.1) is 6.54 Å². The molecule has 2 N–H and O–H groups in total. The van der Waals surface area contributed by atoms with E-state index in [-0.39, 0.29) is 5.91 Å². The standard InChI is InChI=1S/C13H21F2N5O/c14-13(15)20-5-4-17-11(20)10-18-6-8-19(9-7-18)12(21)2-1-3-16/h4-5,13H,1-3,6-10,16H2. The Bertz CT molecular complexity index is 457. The molecule has 1 aromatic rings. The van der Waals surface area contributed by atoms with Crippen LogP contribution >= 0.6 is 0 Å². The largest absolute Gasteiger partial charge is 0.340 e. The number of halogens is 2. The number of hydrogen-bond donors (Lipinski definition) is 1. The van der Waals surface area contributed by atoms with Gasteiger partial charge in [0.2, 0.25) is 5.91 Å². The summed E-state index contributed by atoms with van der Waals surface area (Å²) in [6.45, 7) is 0.915. The molecule has 0 saturated carbocycles. The monoisotopic (exact) mass is 301 g/mol. The Hall–Kier alpha value is -1.54. The van der Waals surface area contributed by atoms with Gasteiger partial charge in [-0.3, -0.25) is 14.3 Å². The van der Waals surface area contributed by atoms with E-state index in [2.05, 4.69) is 4.98 Å². The van der Waals surface area contributed by atoms with Crippen molar-refractivity contribution in [3.63, 3.8) is 0 Å². The fraction of sp³-hybridized carbons (Fsp3) is 0.692. The van der Waals surface area contributed by atoms with Gasteiger partial charge >= 0.3 is 6.55 Å². The van der Waals surface area contributed by atoms with E-state index in [4.69, 9.17) is 5.73 Å². The number of nitrogens with two attached hydrogens (primary N) is 1. The molecule has 0 aromatic carbocycles. The molecule has 0 atom stereocenters. The molecule has 1 aromatic heterocycles. The summed E-state index contributed by atoms with van der Waals surface area (Å²) < 4.78 is 26.4. The van der Waals surface area contributed by atoms with E-state index in [0.29, 0.717) is 57.9 Å². The summed E-state index contributed by atoms with van der Waals surface area (Å²) in [5, 5.41) is 0. The van der Waals surface area contributed by atoms with Crippen LogP contribution in [0.5, 0.6) is 0 Å². The van der Waals surface area contributed by atoms with Crippen LogP contribution in [-0.4, -0.2) is 58.0 Å². The molecule has 0 aliphatic carbocycles. The van der Waals surface area contributed by atoms with Gasteiger partial charge in [-0.25, -0.2) is 4.98 Å².